The molecule has 1 aromatic heterocycles. The molecule has 84 valence electrons. The van der Waals surface area contributed by atoms with Gasteiger partial charge in [-0.25, -0.2) is 8.42 Å². The lowest BCUT2D eigenvalue weighted by Crippen LogP contribution is -2.30. The zero-order valence-corrected chi connectivity index (χ0v) is 9.61. The first-order valence-electron chi connectivity index (χ1n) is 4.81. The summed E-state index contributed by atoms with van der Waals surface area (Å²) in [6.07, 6.45) is 4.53. The third-order valence-electron chi connectivity index (χ3n) is 2.67. The van der Waals surface area contributed by atoms with E-state index in [1.54, 1.807) is 10.9 Å². The van der Waals surface area contributed by atoms with Gasteiger partial charge in [0.2, 0.25) is 10.0 Å². The van der Waals surface area contributed by atoms with Crippen LogP contribution in [0.2, 0.25) is 0 Å². The van der Waals surface area contributed by atoms with Crippen molar-refractivity contribution in [2.45, 2.75) is 18.9 Å². The summed E-state index contributed by atoms with van der Waals surface area (Å²) in [6.45, 7) is 0.580. The van der Waals surface area contributed by atoms with Gasteiger partial charge in [0.25, 0.3) is 0 Å². The maximum absolute atomic E-state index is 11.5. The van der Waals surface area contributed by atoms with Gasteiger partial charge in [0.15, 0.2) is 5.82 Å². The van der Waals surface area contributed by atoms with Crippen LogP contribution in [0.3, 0.4) is 0 Å². The second-order valence-electron chi connectivity index (χ2n) is 3.83. The molecule has 6 nitrogen and oxygen atoms in total. The topological polar surface area (TPSA) is 68.1 Å². The van der Waals surface area contributed by atoms with Gasteiger partial charge in [0.1, 0.15) is 6.33 Å². The van der Waals surface area contributed by atoms with Gasteiger partial charge >= 0.3 is 0 Å². The van der Waals surface area contributed by atoms with Crippen LogP contribution >= 0.6 is 0 Å². The molecule has 0 radical (unpaired) electrons. The molecular weight excluding hydrogens is 216 g/mol. The van der Waals surface area contributed by atoms with E-state index in [9.17, 15) is 8.42 Å². The highest BCUT2D eigenvalue weighted by Gasteiger charge is 2.35. The zero-order valence-electron chi connectivity index (χ0n) is 8.79. The fraction of sp³-hybridized carbons (Fsp3) is 0.750. The van der Waals surface area contributed by atoms with E-state index in [1.165, 1.54) is 10.6 Å². The standard InChI is InChI=1S/C8H14N4O2S/c1-11-6-9-10-8(11)7-4-3-5-12(7)15(2,13)14/h6-7H,3-5H2,1-2H3. The Morgan fingerprint density at radius 3 is 2.80 bits per heavy atom. The van der Waals surface area contributed by atoms with Crippen molar-refractivity contribution in [3.05, 3.63) is 12.2 Å². The lowest BCUT2D eigenvalue weighted by molar-refractivity contribution is 0.379. The first-order valence-corrected chi connectivity index (χ1v) is 6.65. The molecule has 15 heavy (non-hydrogen) atoms. The normalized spacial score (nSPS) is 23.5. The van der Waals surface area contributed by atoms with Gasteiger partial charge in [-0.05, 0) is 12.8 Å². The third-order valence-corrected chi connectivity index (χ3v) is 3.96. The summed E-state index contributed by atoms with van der Waals surface area (Å²) >= 11 is 0. The van der Waals surface area contributed by atoms with Crippen LogP contribution in [0, 0.1) is 0 Å². The molecule has 1 atom stereocenters. The van der Waals surface area contributed by atoms with Gasteiger partial charge in [0, 0.05) is 13.6 Å². The predicted molar refractivity (Wildman–Crippen MR) is 54.5 cm³/mol. The van der Waals surface area contributed by atoms with Crippen LogP contribution in [0.1, 0.15) is 24.7 Å². The Morgan fingerprint density at radius 2 is 2.27 bits per heavy atom. The molecule has 1 fully saturated rings. The maximum Gasteiger partial charge on any atom is 0.211 e. The minimum absolute atomic E-state index is 0.146. The van der Waals surface area contributed by atoms with Gasteiger partial charge in [-0.3, -0.25) is 0 Å². The number of aryl methyl sites for hydroxylation is 1. The molecule has 0 aliphatic carbocycles. The molecule has 1 aliphatic rings. The Hall–Kier alpha value is -0.950. The molecule has 2 rings (SSSR count). The van der Waals surface area contributed by atoms with Crippen LogP contribution in [0.5, 0.6) is 0 Å². The lowest BCUT2D eigenvalue weighted by atomic mass is 10.2. The number of hydrogen-bond acceptors (Lipinski definition) is 4. The van der Waals surface area contributed by atoms with Crippen molar-refractivity contribution in [1.82, 2.24) is 19.1 Å². The van der Waals surface area contributed by atoms with Crippen LogP contribution in [0.25, 0.3) is 0 Å². The Labute approximate surface area is 89.0 Å². The maximum atomic E-state index is 11.5. The van der Waals surface area contributed by atoms with Crippen molar-refractivity contribution in [3.8, 4) is 0 Å². The molecule has 0 saturated carbocycles. The number of nitrogens with zero attached hydrogens (tertiary/aromatic N) is 4. The fourth-order valence-electron chi connectivity index (χ4n) is 1.99. The summed E-state index contributed by atoms with van der Waals surface area (Å²) in [7, 11) is -1.31. The van der Waals surface area contributed by atoms with E-state index >= 15 is 0 Å². The fourth-order valence-corrected chi connectivity index (χ4v) is 3.11. The van der Waals surface area contributed by atoms with E-state index in [4.69, 9.17) is 0 Å². The van der Waals surface area contributed by atoms with Crippen molar-refractivity contribution in [1.29, 1.82) is 0 Å². The summed E-state index contributed by atoms with van der Waals surface area (Å²) in [5, 5.41) is 7.74. The molecule has 1 aliphatic heterocycles. The Morgan fingerprint density at radius 1 is 1.53 bits per heavy atom. The highest BCUT2D eigenvalue weighted by molar-refractivity contribution is 7.88. The number of rotatable bonds is 2. The zero-order chi connectivity index (χ0) is 11.1. The first-order chi connectivity index (χ1) is 7.00. The summed E-state index contributed by atoms with van der Waals surface area (Å²) in [5.74, 6) is 0.720. The van der Waals surface area contributed by atoms with Gasteiger partial charge in [-0.2, -0.15) is 4.31 Å². The van der Waals surface area contributed by atoms with Crippen molar-refractivity contribution < 1.29 is 8.42 Å². The summed E-state index contributed by atoms with van der Waals surface area (Å²) < 4.78 is 26.3. The van der Waals surface area contributed by atoms with Crippen molar-refractivity contribution in [2.75, 3.05) is 12.8 Å². The Kier molecular flexibility index (Phi) is 2.51. The van der Waals surface area contributed by atoms with Crippen molar-refractivity contribution >= 4 is 10.0 Å². The van der Waals surface area contributed by atoms with E-state index in [0.29, 0.717) is 6.54 Å². The number of sulfonamides is 1. The lowest BCUT2D eigenvalue weighted by Gasteiger charge is -2.20. The Balaban J connectivity index is 2.34. The van der Waals surface area contributed by atoms with Gasteiger partial charge in [0.05, 0.1) is 12.3 Å². The van der Waals surface area contributed by atoms with Crippen LogP contribution < -0.4 is 0 Å². The minimum atomic E-state index is -3.14. The van der Waals surface area contributed by atoms with Crippen LogP contribution in [0.4, 0.5) is 0 Å². The molecule has 0 aromatic carbocycles. The average molecular weight is 230 g/mol. The van der Waals surface area contributed by atoms with Gasteiger partial charge in [-0.15, -0.1) is 10.2 Å². The molecule has 2 heterocycles. The summed E-state index contributed by atoms with van der Waals surface area (Å²) in [5.41, 5.74) is 0. The largest absolute Gasteiger partial charge is 0.319 e. The summed E-state index contributed by atoms with van der Waals surface area (Å²) in [4.78, 5) is 0. The third kappa shape index (κ3) is 1.89. The highest BCUT2D eigenvalue weighted by atomic mass is 32.2. The van der Waals surface area contributed by atoms with Crippen LogP contribution in [0.15, 0.2) is 6.33 Å². The molecule has 0 N–H and O–H groups in total. The van der Waals surface area contributed by atoms with Crippen LogP contribution in [-0.2, 0) is 17.1 Å². The van der Waals surface area contributed by atoms with E-state index in [-0.39, 0.29) is 6.04 Å². The average Bonchev–Trinajstić information content (AvgIpc) is 2.69. The second-order valence-corrected chi connectivity index (χ2v) is 5.77. The first kappa shape index (κ1) is 10.6. The predicted octanol–water partition coefficient (Wildman–Crippen LogP) is -0.0884. The molecule has 7 heteroatoms. The van der Waals surface area contributed by atoms with Gasteiger partial charge in [-0.1, -0.05) is 0 Å². The van der Waals surface area contributed by atoms with E-state index in [1.807, 2.05) is 7.05 Å². The SMILES string of the molecule is Cn1cnnc1C1CCCN1S(C)(=O)=O. The minimum Gasteiger partial charge on any atom is -0.319 e. The van der Waals surface area contributed by atoms with Crippen molar-refractivity contribution in [3.63, 3.8) is 0 Å². The molecule has 0 amide bonds. The number of aromatic nitrogens is 3. The molecule has 1 aromatic rings. The quantitative estimate of drug-likeness (QED) is 0.712. The molecule has 0 spiro atoms. The van der Waals surface area contributed by atoms with E-state index < -0.39 is 10.0 Å². The number of hydrogen-bond donors (Lipinski definition) is 0. The highest BCUT2D eigenvalue weighted by Crippen LogP contribution is 2.32. The molecule has 1 saturated heterocycles. The second kappa shape index (κ2) is 3.57. The van der Waals surface area contributed by atoms with Crippen molar-refractivity contribution in [2.24, 2.45) is 7.05 Å². The molecule has 1 unspecified atom stereocenters. The van der Waals surface area contributed by atoms with Gasteiger partial charge < -0.3 is 4.57 Å². The monoisotopic (exact) mass is 230 g/mol. The van der Waals surface area contributed by atoms with Crippen LogP contribution in [-0.4, -0.2) is 40.3 Å². The van der Waals surface area contributed by atoms with E-state index in [2.05, 4.69) is 10.2 Å². The summed E-state index contributed by atoms with van der Waals surface area (Å²) in [6, 6.07) is -0.146. The smallest absolute Gasteiger partial charge is 0.211 e. The Bertz CT molecular complexity index is 453. The molecular formula is C8H14N4O2S. The van der Waals surface area contributed by atoms with E-state index in [0.717, 1.165) is 18.7 Å². The molecule has 0 bridgehead atoms.